The first-order valence-electron chi connectivity index (χ1n) is 11.8. The molecule has 0 aliphatic carbocycles. The number of urea groups is 1. The number of hydrogen-bond donors (Lipinski definition) is 2. The molecular weight excluding hydrogens is 458 g/mol. The Morgan fingerprint density at radius 3 is 1.83 bits per heavy atom. The van der Waals surface area contributed by atoms with Crippen LogP contribution in [0, 0.1) is 27.7 Å². The average Bonchev–Trinajstić information content (AvgIpc) is 3.27. The van der Waals surface area contributed by atoms with Crippen molar-refractivity contribution in [3.8, 4) is 0 Å². The molecule has 4 rings (SSSR count). The fourth-order valence-corrected chi connectivity index (χ4v) is 4.70. The van der Waals surface area contributed by atoms with Crippen LogP contribution in [-0.2, 0) is 15.1 Å². The number of esters is 1. The topological polar surface area (TPSA) is 109 Å². The van der Waals surface area contributed by atoms with Crippen LogP contribution in [0.4, 0.5) is 4.79 Å². The van der Waals surface area contributed by atoms with Gasteiger partial charge in [0.15, 0.2) is 11.3 Å². The first-order chi connectivity index (χ1) is 17.1. The number of H-pyrrole nitrogens is 1. The molecule has 1 saturated heterocycles. The number of ketones is 1. The van der Waals surface area contributed by atoms with E-state index in [1.54, 1.807) is 45.0 Å². The van der Waals surface area contributed by atoms with Crippen LogP contribution in [0.3, 0.4) is 0 Å². The highest BCUT2D eigenvalue weighted by Gasteiger charge is 2.54. The Bertz CT molecular complexity index is 1310. The Morgan fingerprint density at radius 1 is 0.833 bits per heavy atom. The first kappa shape index (κ1) is 24.9. The van der Waals surface area contributed by atoms with E-state index in [0.717, 1.165) is 16.0 Å². The van der Waals surface area contributed by atoms with Crippen molar-refractivity contribution in [1.29, 1.82) is 0 Å². The zero-order valence-electron chi connectivity index (χ0n) is 21.0. The third-order valence-corrected chi connectivity index (χ3v) is 6.51. The second-order valence-electron chi connectivity index (χ2n) is 9.07. The third-order valence-electron chi connectivity index (χ3n) is 6.51. The summed E-state index contributed by atoms with van der Waals surface area (Å²) in [7, 11) is 0. The highest BCUT2D eigenvalue weighted by Crippen LogP contribution is 2.36. The van der Waals surface area contributed by atoms with Gasteiger partial charge in [0.1, 0.15) is 0 Å². The quantitative estimate of drug-likeness (QED) is 0.296. The Morgan fingerprint density at radius 2 is 1.33 bits per heavy atom. The van der Waals surface area contributed by atoms with Crippen LogP contribution in [0.5, 0.6) is 0 Å². The molecule has 36 heavy (non-hydrogen) atoms. The molecule has 8 heteroatoms. The van der Waals surface area contributed by atoms with Gasteiger partial charge in [0.25, 0.3) is 5.91 Å². The van der Waals surface area contributed by atoms with Gasteiger partial charge >= 0.3 is 12.0 Å². The lowest BCUT2D eigenvalue weighted by atomic mass is 9.82. The number of Topliss-reactive ketones (excluding diaryl/α,β-unsaturated/α-hetero) is 1. The normalized spacial score (nSPS) is 14.6. The van der Waals surface area contributed by atoms with E-state index in [2.05, 4.69) is 10.3 Å². The monoisotopic (exact) mass is 487 g/mol. The van der Waals surface area contributed by atoms with Gasteiger partial charge < -0.3 is 15.0 Å². The first-order valence-corrected chi connectivity index (χ1v) is 11.8. The number of rotatable bonds is 7. The molecule has 0 saturated carbocycles. The van der Waals surface area contributed by atoms with Crippen LogP contribution in [0.25, 0.3) is 0 Å². The minimum absolute atomic E-state index is 0.120. The molecule has 2 aromatic carbocycles. The van der Waals surface area contributed by atoms with Gasteiger partial charge in [-0.3, -0.25) is 14.5 Å². The molecule has 0 radical (unpaired) electrons. The number of ether oxygens (including phenoxy) is 1. The fraction of sp³-hybridized carbons (Fsp3) is 0.286. The van der Waals surface area contributed by atoms with Crippen LogP contribution in [0.15, 0.2) is 48.5 Å². The Kier molecular flexibility index (Phi) is 6.54. The predicted molar refractivity (Wildman–Crippen MR) is 134 cm³/mol. The number of amides is 3. The van der Waals surface area contributed by atoms with E-state index in [0.29, 0.717) is 22.5 Å². The zero-order chi connectivity index (χ0) is 26.2. The molecule has 1 aliphatic heterocycles. The van der Waals surface area contributed by atoms with E-state index < -0.39 is 35.8 Å². The van der Waals surface area contributed by atoms with Crippen LogP contribution in [0.2, 0.25) is 0 Å². The van der Waals surface area contributed by atoms with Crippen molar-refractivity contribution >= 4 is 23.7 Å². The molecule has 0 unspecified atom stereocenters. The number of nitrogens with zero attached hydrogens (tertiary/aromatic N) is 1. The summed E-state index contributed by atoms with van der Waals surface area (Å²) in [5.74, 6) is -1.73. The molecule has 186 valence electrons. The number of hydrogen-bond acceptors (Lipinski definition) is 5. The fourth-order valence-electron chi connectivity index (χ4n) is 4.70. The number of imide groups is 1. The van der Waals surface area contributed by atoms with Gasteiger partial charge in [0.05, 0.1) is 24.3 Å². The zero-order valence-corrected chi connectivity index (χ0v) is 21.0. The summed E-state index contributed by atoms with van der Waals surface area (Å²) in [5.41, 5.74) is 2.90. The summed E-state index contributed by atoms with van der Waals surface area (Å²) in [6.07, 6.45) is 0. The van der Waals surface area contributed by atoms with Gasteiger partial charge in [0.2, 0.25) is 0 Å². The Balaban J connectivity index is 1.75. The highest BCUT2D eigenvalue weighted by atomic mass is 16.5. The van der Waals surface area contributed by atoms with E-state index in [1.807, 2.05) is 38.1 Å². The molecular formula is C28H29N3O5. The summed E-state index contributed by atoms with van der Waals surface area (Å²) in [6, 6.07) is 14.0. The number of benzene rings is 2. The van der Waals surface area contributed by atoms with E-state index in [-0.39, 0.29) is 17.7 Å². The number of nitrogens with one attached hydrogen (secondary N) is 2. The molecule has 3 aromatic rings. The highest BCUT2D eigenvalue weighted by molar-refractivity contribution is 6.15. The van der Waals surface area contributed by atoms with E-state index >= 15 is 0 Å². The van der Waals surface area contributed by atoms with Gasteiger partial charge in [-0.15, -0.1) is 0 Å². The lowest BCUT2D eigenvalue weighted by molar-refractivity contribution is -0.129. The lowest BCUT2D eigenvalue weighted by Crippen LogP contribution is -2.45. The Hall–Kier alpha value is -4.20. The molecule has 2 N–H and O–H groups in total. The van der Waals surface area contributed by atoms with Crippen LogP contribution < -0.4 is 5.32 Å². The largest absolute Gasteiger partial charge is 0.462 e. The number of carbonyl (C=O) groups excluding carboxylic acids is 4. The number of aromatic amines is 1. The molecule has 0 atom stereocenters. The van der Waals surface area contributed by atoms with Crippen molar-refractivity contribution in [2.75, 3.05) is 13.2 Å². The summed E-state index contributed by atoms with van der Waals surface area (Å²) in [5, 5.41) is 2.86. The molecule has 0 spiro atoms. The van der Waals surface area contributed by atoms with Crippen LogP contribution >= 0.6 is 0 Å². The number of aryl methyl sites for hydroxylation is 4. The summed E-state index contributed by atoms with van der Waals surface area (Å²) < 4.78 is 5.12. The average molecular weight is 488 g/mol. The molecule has 2 heterocycles. The molecule has 1 fully saturated rings. The van der Waals surface area contributed by atoms with E-state index in [4.69, 9.17) is 4.74 Å². The smallest absolute Gasteiger partial charge is 0.340 e. The minimum Gasteiger partial charge on any atom is -0.462 e. The Labute approximate surface area is 209 Å². The maximum Gasteiger partial charge on any atom is 0.340 e. The minimum atomic E-state index is -1.48. The van der Waals surface area contributed by atoms with Crippen molar-refractivity contribution in [2.45, 2.75) is 40.2 Å². The van der Waals surface area contributed by atoms with Crippen molar-refractivity contribution < 1.29 is 23.9 Å². The summed E-state index contributed by atoms with van der Waals surface area (Å²) >= 11 is 0. The van der Waals surface area contributed by atoms with Gasteiger partial charge in [-0.25, -0.2) is 9.59 Å². The van der Waals surface area contributed by atoms with Gasteiger partial charge in [-0.1, -0.05) is 59.7 Å². The van der Waals surface area contributed by atoms with E-state index in [1.165, 1.54) is 0 Å². The van der Waals surface area contributed by atoms with Gasteiger partial charge in [-0.05, 0) is 45.7 Å². The van der Waals surface area contributed by atoms with Crippen molar-refractivity contribution in [3.05, 3.63) is 93.3 Å². The van der Waals surface area contributed by atoms with Crippen LogP contribution in [0.1, 0.15) is 61.3 Å². The maximum absolute atomic E-state index is 14.0. The van der Waals surface area contributed by atoms with E-state index in [9.17, 15) is 19.2 Å². The summed E-state index contributed by atoms with van der Waals surface area (Å²) in [4.78, 5) is 57.1. The third kappa shape index (κ3) is 4.08. The van der Waals surface area contributed by atoms with Gasteiger partial charge in [0, 0.05) is 11.4 Å². The molecule has 1 aliphatic rings. The molecule has 3 amide bonds. The number of aromatic nitrogens is 1. The summed E-state index contributed by atoms with van der Waals surface area (Å²) in [6.45, 7) is 8.52. The molecule has 1 aromatic heterocycles. The maximum atomic E-state index is 14.0. The SMILES string of the molecule is CCOC(=O)c1c(C)[nH]c(C)c1C(=O)CN1C(=O)NC(c2ccc(C)cc2)(c2ccc(C)cc2)C1=O. The van der Waals surface area contributed by atoms with Crippen molar-refractivity contribution in [1.82, 2.24) is 15.2 Å². The van der Waals surface area contributed by atoms with Crippen LogP contribution in [-0.4, -0.2) is 46.7 Å². The van der Waals surface area contributed by atoms with Gasteiger partial charge in [-0.2, -0.15) is 0 Å². The number of carbonyl (C=O) groups is 4. The van der Waals surface area contributed by atoms with Crippen molar-refractivity contribution in [2.24, 2.45) is 0 Å². The predicted octanol–water partition coefficient (Wildman–Crippen LogP) is 4.10. The molecule has 8 nitrogen and oxygen atoms in total. The standard InChI is InChI=1S/C28H29N3O5/c1-6-36-25(33)24-19(5)29-18(4)23(24)22(32)15-31-26(34)28(30-27(31)35,20-11-7-16(2)8-12-20)21-13-9-17(3)10-14-21/h7-14,29H,6,15H2,1-5H3,(H,30,35). The second-order valence-corrected chi connectivity index (χ2v) is 9.07. The van der Waals surface area contributed by atoms with Crippen molar-refractivity contribution in [3.63, 3.8) is 0 Å². The lowest BCUT2D eigenvalue weighted by Gasteiger charge is -2.28. The second kappa shape index (κ2) is 9.45. The molecule has 0 bridgehead atoms.